The van der Waals surface area contributed by atoms with E-state index in [0.29, 0.717) is 25.3 Å². The van der Waals surface area contributed by atoms with E-state index in [2.05, 4.69) is 0 Å². The second kappa shape index (κ2) is 8.86. The van der Waals surface area contributed by atoms with Gasteiger partial charge in [0.15, 0.2) is 0 Å². The van der Waals surface area contributed by atoms with Crippen molar-refractivity contribution in [3.05, 3.63) is 59.9 Å². The predicted molar refractivity (Wildman–Crippen MR) is 103 cm³/mol. The molecule has 1 N–H and O–H groups in total. The number of ether oxygens (including phenoxy) is 1. The van der Waals surface area contributed by atoms with Crippen molar-refractivity contribution in [3.63, 3.8) is 0 Å². The number of carbonyl (C=O) groups is 1. The predicted octanol–water partition coefficient (Wildman–Crippen LogP) is 3.39. The van der Waals surface area contributed by atoms with Gasteiger partial charge in [-0.05, 0) is 42.7 Å². The number of carboxylic acids is 1. The van der Waals surface area contributed by atoms with Gasteiger partial charge in [0, 0.05) is 25.7 Å². The first-order valence-electron chi connectivity index (χ1n) is 9.15. The summed E-state index contributed by atoms with van der Waals surface area (Å²) in [5, 5.41) is 9.32. The summed E-state index contributed by atoms with van der Waals surface area (Å²) in [6.07, 6.45) is 1.61. The molecule has 0 aromatic heterocycles. The molecule has 0 saturated carbocycles. The number of aliphatic carboxylic acids is 1. The Labute approximate surface area is 159 Å². The minimum absolute atomic E-state index is 0.00358. The first-order valence-corrected chi connectivity index (χ1v) is 9.15. The minimum Gasteiger partial charge on any atom is -0.497 e. The summed E-state index contributed by atoms with van der Waals surface area (Å²) in [4.78, 5) is 15.4. The molecule has 27 heavy (non-hydrogen) atoms. The highest BCUT2D eigenvalue weighted by molar-refractivity contribution is 5.69. The lowest BCUT2D eigenvalue weighted by Crippen LogP contribution is -2.46. The van der Waals surface area contributed by atoms with E-state index < -0.39 is 5.97 Å². The molecule has 3 rings (SSSR count). The molecule has 1 heterocycles. The molecular formula is C21H25FN2O3. The Hall–Kier alpha value is -2.60. The van der Waals surface area contributed by atoms with Crippen LogP contribution in [0.25, 0.3) is 0 Å². The zero-order chi connectivity index (χ0) is 19.2. The van der Waals surface area contributed by atoms with Crippen LogP contribution in [0.15, 0.2) is 48.5 Å². The van der Waals surface area contributed by atoms with Gasteiger partial charge in [0.05, 0.1) is 19.3 Å². The fourth-order valence-corrected chi connectivity index (χ4v) is 3.63. The van der Waals surface area contributed by atoms with Crippen molar-refractivity contribution in [2.24, 2.45) is 0 Å². The quantitative estimate of drug-likeness (QED) is 0.807. The van der Waals surface area contributed by atoms with Crippen LogP contribution in [0.1, 0.15) is 18.4 Å². The molecule has 0 unspecified atom stereocenters. The molecule has 1 fully saturated rings. The molecule has 144 valence electrons. The lowest BCUT2D eigenvalue weighted by molar-refractivity contribution is -0.139. The zero-order valence-electron chi connectivity index (χ0n) is 15.5. The van der Waals surface area contributed by atoms with E-state index in [1.54, 1.807) is 19.2 Å². The van der Waals surface area contributed by atoms with Crippen LogP contribution in [-0.2, 0) is 11.3 Å². The van der Waals surface area contributed by atoms with E-state index in [4.69, 9.17) is 4.74 Å². The first kappa shape index (κ1) is 19.2. The largest absolute Gasteiger partial charge is 0.497 e. The molecule has 6 heteroatoms. The molecule has 1 saturated heterocycles. The van der Waals surface area contributed by atoms with Gasteiger partial charge in [-0.15, -0.1) is 0 Å². The smallest absolute Gasteiger partial charge is 0.317 e. The Morgan fingerprint density at radius 3 is 2.44 bits per heavy atom. The fourth-order valence-electron chi connectivity index (χ4n) is 3.63. The third-order valence-corrected chi connectivity index (χ3v) is 5.06. The van der Waals surface area contributed by atoms with Crippen molar-refractivity contribution in [1.82, 2.24) is 4.90 Å². The number of hydrogen-bond donors (Lipinski definition) is 1. The number of para-hydroxylation sites is 1. The number of carboxylic acid groups (broad SMARTS) is 1. The number of piperidine rings is 1. The summed E-state index contributed by atoms with van der Waals surface area (Å²) in [5.74, 6) is -0.265. The van der Waals surface area contributed by atoms with Crippen molar-refractivity contribution in [2.75, 3.05) is 31.6 Å². The second-order valence-corrected chi connectivity index (χ2v) is 6.82. The van der Waals surface area contributed by atoms with Gasteiger partial charge in [-0.2, -0.15) is 0 Å². The molecule has 2 aromatic rings. The molecule has 0 amide bonds. The highest BCUT2D eigenvalue weighted by Gasteiger charge is 2.27. The molecular weight excluding hydrogens is 347 g/mol. The zero-order valence-corrected chi connectivity index (χ0v) is 15.5. The minimum atomic E-state index is -0.833. The number of halogens is 1. The summed E-state index contributed by atoms with van der Waals surface area (Å²) in [6, 6.07) is 14.6. The summed E-state index contributed by atoms with van der Waals surface area (Å²) in [7, 11) is 1.62. The van der Waals surface area contributed by atoms with E-state index >= 15 is 0 Å². The van der Waals surface area contributed by atoms with Gasteiger partial charge in [0.2, 0.25) is 0 Å². The number of anilines is 1. The van der Waals surface area contributed by atoms with E-state index in [1.807, 2.05) is 40.1 Å². The third-order valence-electron chi connectivity index (χ3n) is 5.06. The van der Waals surface area contributed by atoms with Crippen LogP contribution in [0.3, 0.4) is 0 Å². The number of methoxy groups -OCH3 is 1. The topological polar surface area (TPSA) is 53.0 Å². The van der Waals surface area contributed by atoms with E-state index in [9.17, 15) is 14.3 Å². The Morgan fingerprint density at radius 1 is 1.19 bits per heavy atom. The Bertz CT molecular complexity index is 758. The molecule has 1 aliphatic heterocycles. The maximum atomic E-state index is 14.0. The highest BCUT2D eigenvalue weighted by atomic mass is 19.1. The van der Waals surface area contributed by atoms with Gasteiger partial charge in [0.25, 0.3) is 0 Å². The van der Waals surface area contributed by atoms with Gasteiger partial charge < -0.3 is 14.7 Å². The molecule has 0 bridgehead atoms. The van der Waals surface area contributed by atoms with Gasteiger partial charge >= 0.3 is 5.97 Å². The van der Waals surface area contributed by atoms with Crippen LogP contribution in [0.4, 0.5) is 10.1 Å². The van der Waals surface area contributed by atoms with Gasteiger partial charge in [-0.25, -0.2) is 4.39 Å². The average molecular weight is 372 g/mol. The van der Waals surface area contributed by atoms with Gasteiger partial charge in [0.1, 0.15) is 11.6 Å². The van der Waals surface area contributed by atoms with Crippen LogP contribution in [0.5, 0.6) is 5.75 Å². The molecule has 1 aliphatic rings. The second-order valence-electron chi connectivity index (χ2n) is 6.82. The highest BCUT2D eigenvalue weighted by Crippen LogP contribution is 2.26. The molecule has 0 spiro atoms. The maximum Gasteiger partial charge on any atom is 0.317 e. The fraction of sp³-hybridized carbons (Fsp3) is 0.381. The number of hydrogen-bond acceptors (Lipinski definition) is 4. The molecule has 0 atom stereocenters. The van der Waals surface area contributed by atoms with E-state index in [-0.39, 0.29) is 18.4 Å². The SMILES string of the molecule is COc1ccc(CN(CC(=O)O)C2CCN(c3ccccc3F)CC2)cc1. The summed E-state index contributed by atoms with van der Waals surface area (Å²) < 4.78 is 19.2. The standard InChI is InChI=1S/C21H25FN2O3/c1-27-18-8-6-16(7-9-18)14-24(15-21(25)26)17-10-12-23(13-11-17)20-5-3-2-4-19(20)22/h2-9,17H,10-15H2,1H3,(H,25,26). The summed E-state index contributed by atoms with van der Waals surface area (Å²) >= 11 is 0. The summed E-state index contributed by atoms with van der Waals surface area (Å²) in [6.45, 7) is 1.99. The van der Waals surface area contributed by atoms with Gasteiger partial charge in [-0.3, -0.25) is 9.69 Å². The number of benzene rings is 2. The van der Waals surface area contributed by atoms with Crippen LogP contribution < -0.4 is 9.64 Å². The van der Waals surface area contributed by atoms with Crippen molar-refractivity contribution < 1.29 is 19.0 Å². The monoisotopic (exact) mass is 372 g/mol. The number of rotatable bonds is 7. The summed E-state index contributed by atoms with van der Waals surface area (Å²) in [5.41, 5.74) is 1.67. The average Bonchev–Trinajstić information content (AvgIpc) is 2.68. The Balaban J connectivity index is 1.65. The van der Waals surface area contributed by atoms with E-state index in [0.717, 1.165) is 24.2 Å². The lowest BCUT2D eigenvalue weighted by atomic mass is 10.0. The van der Waals surface area contributed by atoms with Crippen molar-refractivity contribution >= 4 is 11.7 Å². The first-order chi connectivity index (χ1) is 13.1. The van der Waals surface area contributed by atoms with Crippen LogP contribution >= 0.6 is 0 Å². The number of nitrogens with zero attached hydrogens (tertiary/aromatic N) is 2. The Morgan fingerprint density at radius 2 is 1.85 bits per heavy atom. The van der Waals surface area contributed by atoms with E-state index in [1.165, 1.54) is 6.07 Å². The van der Waals surface area contributed by atoms with Crippen LogP contribution in [0, 0.1) is 5.82 Å². The van der Waals surface area contributed by atoms with Crippen LogP contribution in [0.2, 0.25) is 0 Å². The Kier molecular flexibility index (Phi) is 6.29. The van der Waals surface area contributed by atoms with Crippen molar-refractivity contribution in [1.29, 1.82) is 0 Å². The lowest BCUT2D eigenvalue weighted by Gasteiger charge is -2.39. The third kappa shape index (κ3) is 4.98. The molecule has 2 aromatic carbocycles. The maximum absolute atomic E-state index is 14.0. The van der Waals surface area contributed by atoms with Crippen LogP contribution in [-0.4, -0.2) is 48.8 Å². The van der Waals surface area contributed by atoms with Crippen molar-refractivity contribution in [2.45, 2.75) is 25.4 Å². The molecule has 0 radical (unpaired) electrons. The molecule has 5 nitrogen and oxygen atoms in total. The van der Waals surface area contributed by atoms with Crippen molar-refractivity contribution in [3.8, 4) is 5.75 Å². The molecule has 0 aliphatic carbocycles. The normalized spacial score (nSPS) is 15.1. The van der Waals surface area contributed by atoms with Gasteiger partial charge in [-0.1, -0.05) is 24.3 Å².